The van der Waals surface area contributed by atoms with Gasteiger partial charge in [-0.05, 0) is 6.92 Å². The summed E-state index contributed by atoms with van der Waals surface area (Å²) in [5.74, 6) is -2.13. The monoisotopic (exact) mass is 376 g/mol. The maximum Gasteiger partial charge on any atom is 0.510 e. The van der Waals surface area contributed by atoms with Gasteiger partial charge in [0.2, 0.25) is 12.7 Å². The van der Waals surface area contributed by atoms with E-state index >= 15 is 0 Å². The third-order valence-corrected chi connectivity index (χ3v) is 4.79. The standard InChI is InChI=1S/C13H16N2O9S/c1-5(16)7-9(17)15-8(11(18)23-4-24-13(20)21-2)6(25-10(7)15)3-22-12(14)19/h5,7,10,16H,3-4H2,1-2H3,(H2,14,19)/t5-,7+,10-/m1/s1. The van der Waals surface area contributed by atoms with Crippen LogP contribution in [-0.4, -0.2) is 66.1 Å². The molecule has 2 heterocycles. The van der Waals surface area contributed by atoms with Crippen molar-refractivity contribution in [1.29, 1.82) is 0 Å². The number of rotatable bonds is 6. The Morgan fingerprint density at radius 1 is 1.32 bits per heavy atom. The number of carbonyl (C=O) groups excluding carboxylic acids is 4. The van der Waals surface area contributed by atoms with Crippen LogP contribution in [-0.2, 0) is 28.5 Å². The summed E-state index contributed by atoms with van der Waals surface area (Å²) in [7, 11) is 1.08. The Hall–Kier alpha value is -2.47. The average Bonchev–Trinajstić information content (AvgIpc) is 2.86. The average molecular weight is 376 g/mol. The molecule has 0 aromatic heterocycles. The highest BCUT2D eigenvalue weighted by molar-refractivity contribution is 8.04. The predicted octanol–water partition coefficient (Wildman–Crippen LogP) is -0.511. The number of hydrogen-bond donors (Lipinski definition) is 2. The van der Waals surface area contributed by atoms with Gasteiger partial charge >= 0.3 is 18.2 Å². The van der Waals surface area contributed by atoms with Crippen molar-refractivity contribution in [2.24, 2.45) is 11.7 Å². The highest BCUT2D eigenvalue weighted by Gasteiger charge is 2.58. The fourth-order valence-corrected chi connectivity index (χ4v) is 3.86. The first-order chi connectivity index (χ1) is 11.8. The van der Waals surface area contributed by atoms with Gasteiger partial charge in [-0.3, -0.25) is 9.69 Å². The van der Waals surface area contributed by atoms with Gasteiger partial charge in [-0.25, -0.2) is 14.4 Å². The molecule has 0 aromatic rings. The molecule has 2 aliphatic heterocycles. The maximum atomic E-state index is 12.2. The zero-order chi connectivity index (χ0) is 18.7. The van der Waals surface area contributed by atoms with Crippen molar-refractivity contribution in [3.05, 3.63) is 10.6 Å². The largest absolute Gasteiger partial charge is 0.510 e. The van der Waals surface area contributed by atoms with E-state index in [1.807, 2.05) is 0 Å². The third kappa shape index (κ3) is 3.79. The smallest absolute Gasteiger partial charge is 0.444 e. The fourth-order valence-electron chi connectivity index (χ4n) is 2.34. The number of primary amides is 1. The second kappa shape index (κ2) is 7.61. The van der Waals surface area contributed by atoms with Crippen molar-refractivity contribution in [3.63, 3.8) is 0 Å². The lowest BCUT2D eigenvalue weighted by Gasteiger charge is -2.43. The number of carbonyl (C=O) groups is 4. The predicted molar refractivity (Wildman–Crippen MR) is 80.4 cm³/mol. The summed E-state index contributed by atoms with van der Waals surface area (Å²) < 4.78 is 18.1. The number of amides is 2. The van der Waals surface area contributed by atoms with Crippen LogP contribution < -0.4 is 5.73 Å². The molecule has 0 aromatic carbocycles. The van der Waals surface area contributed by atoms with Crippen molar-refractivity contribution >= 4 is 35.9 Å². The highest BCUT2D eigenvalue weighted by atomic mass is 32.2. The molecule has 25 heavy (non-hydrogen) atoms. The van der Waals surface area contributed by atoms with Gasteiger partial charge in [0, 0.05) is 0 Å². The number of aliphatic hydroxyl groups is 1. The van der Waals surface area contributed by atoms with Crippen LogP contribution in [0.2, 0.25) is 0 Å². The molecule has 3 N–H and O–H groups in total. The second-order valence-electron chi connectivity index (χ2n) is 5.01. The van der Waals surface area contributed by atoms with E-state index in [1.165, 1.54) is 6.92 Å². The fraction of sp³-hybridized carbons (Fsp3) is 0.538. The molecule has 2 rings (SSSR count). The Bertz CT molecular complexity index is 633. The number of fused-ring (bicyclic) bond motifs is 1. The lowest BCUT2D eigenvalue weighted by molar-refractivity contribution is -0.161. The Morgan fingerprint density at radius 2 is 2.00 bits per heavy atom. The number of hydrogen-bond acceptors (Lipinski definition) is 10. The molecule has 0 unspecified atom stereocenters. The minimum Gasteiger partial charge on any atom is -0.444 e. The Labute approximate surface area is 146 Å². The van der Waals surface area contributed by atoms with Crippen LogP contribution in [0, 0.1) is 5.92 Å². The van der Waals surface area contributed by atoms with Gasteiger partial charge in [-0.1, -0.05) is 11.8 Å². The molecular formula is C13H16N2O9S. The van der Waals surface area contributed by atoms with Crippen molar-refractivity contribution in [1.82, 2.24) is 4.90 Å². The van der Waals surface area contributed by atoms with Gasteiger partial charge in [0.05, 0.1) is 24.0 Å². The molecule has 3 atom stereocenters. The Morgan fingerprint density at radius 3 is 2.56 bits per heavy atom. The van der Waals surface area contributed by atoms with Crippen LogP contribution in [0.15, 0.2) is 10.6 Å². The minimum absolute atomic E-state index is 0.147. The molecular weight excluding hydrogens is 360 g/mol. The number of β-lactam (4-membered cyclic amide) rings is 1. The van der Waals surface area contributed by atoms with E-state index in [0.29, 0.717) is 0 Å². The van der Waals surface area contributed by atoms with Gasteiger partial charge in [0.1, 0.15) is 17.7 Å². The summed E-state index contributed by atoms with van der Waals surface area (Å²) in [4.78, 5) is 47.4. The zero-order valence-corrected chi connectivity index (χ0v) is 14.1. The van der Waals surface area contributed by atoms with Crippen molar-refractivity contribution in [3.8, 4) is 0 Å². The molecule has 0 spiro atoms. The Kier molecular flexibility index (Phi) is 5.74. The van der Waals surface area contributed by atoms with E-state index < -0.39 is 48.3 Å². The quantitative estimate of drug-likeness (QED) is 0.268. The lowest BCUT2D eigenvalue weighted by Crippen LogP contribution is -2.60. The lowest BCUT2D eigenvalue weighted by atomic mass is 9.92. The zero-order valence-electron chi connectivity index (χ0n) is 13.3. The van der Waals surface area contributed by atoms with E-state index in [2.05, 4.69) is 14.2 Å². The molecule has 0 aliphatic carbocycles. The summed E-state index contributed by atoms with van der Waals surface area (Å²) in [5, 5.41) is 9.15. The first kappa shape index (κ1) is 18.9. The van der Waals surface area contributed by atoms with E-state index in [4.69, 9.17) is 10.5 Å². The van der Waals surface area contributed by atoms with Crippen molar-refractivity contribution in [2.75, 3.05) is 20.5 Å². The van der Waals surface area contributed by atoms with Gasteiger partial charge in [-0.2, -0.15) is 0 Å². The SMILES string of the molecule is COC(=O)OCOC(=O)C1=C(COC(N)=O)S[C@@H]2[C@@H]([C@@H](C)O)C(=O)N12. The molecule has 11 nitrogen and oxygen atoms in total. The van der Waals surface area contributed by atoms with Gasteiger partial charge in [-0.15, -0.1) is 0 Å². The third-order valence-electron chi connectivity index (χ3n) is 3.44. The van der Waals surface area contributed by atoms with Crippen LogP contribution in [0.4, 0.5) is 9.59 Å². The van der Waals surface area contributed by atoms with Crippen LogP contribution in [0.25, 0.3) is 0 Å². The minimum atomic E-state index is -1.05. The van der Waals surface area contributed by atoms with E-state index in [-0.39, 0.29) is 17.2 Å². The molecule has 0 saturated carbocycles. The Balaban J connectivity index is 2.12. The number of esters is 1. The number of ether oxygens (including phenoxy) is 4. The van der Waals surface area contributed by atoms with Crippen LogP contribution in [0.1, 0.15) is 6.92 Å². The normalized spacial score (nSPS) is 22.7. The van der Waals surface area contributed by atoms with Crippen LogP contribution in [0.5, 0.6) is 0 Å². The molecule has 138 valence electrons. The van der Waals surface area contributed by atoms with Crippen LogP contribution >= 0.6 is 11.8 Å². The number of nitrogens with two attached hydrogens (primary N) is 1. The van der Waals surface area contributed by atoms with Crippen LogP contribution in [0.3, 0.4) is 0 Å². The van der Waals surface area contributed by atoms with E-state index in [9.17, 15) is 24.3 Å². The van der Waals surface area contributed by atoms with Gasteiger partial charge in [0.15, 0.2) is 0 Å². The number of aliphatic hydroxyl groups excluding tert-OH is 1. The first-order valence-corrected chi connectivity index (χ1v) is 7.87. The van der Waals surface area contributed by atoms with Gasteiger partial charge < -0.3 is 29.8 Å². The summed E-state index contributed by atoms with van der Waals surface area (Å²) in [6.07, 6.45) is -3.02. The van der Waals surface area contributed by atoms with E-state index in [0.717, 1.165) is 23.8 Å². The highest BCUT2D eigenvalue weighted by Crippen LogP contribution is 2.50. The number of nitrogens with zero attached hydrogens (tertiary/aromatic N) is 1. The second-order valence-corrected chi connectivity index (χ2v) is 6.22. The molecule has 1 saturated heterocycles. The van der Waals surface area contributed by atoms with Gasteiger partial charge in [0.25, 0.3) is 0 Å². The van der Waals surface area contributed by atoms with E-state index in [1.54, 1.807) is 0 Å². The molecule has 2 amide bonds. The number of thioether (sulfide) groups is 1. The summed E-state index contributed by atoms with van der Waals surface area (Å²) >= 11 is 1.08. The van der Waals surface area contributed by atoms with Crippen molar-refractivity contribution in [2.45, 2.75) is 18.4 Å². The number of methoxy groups -OCH3 is 1. The summed E-state index contributed by atoms with van der Waals surface area (Å²) in [5.41, 5.74) is 4.76. The summed E-state index contributed by atoms with van der Waals surface area (Å²) in [6.45, 7) is 0.395. The molecule has 12 heteroatoms. The summed E-state index contributed by atoms with van der Waals surface area (Å²) in [6, 6.07) is 0. The molecule has 2 aliphatic rings. The molecule has 0 bridgehead atoms. The topological polar surface area (TPSA) is 155 Å². The molecule has 0 radical (unpaired) electrons. The maximum absolute atomic E-state index is 12.2. The molecule has 1 fully saturated rings. The van der Waals surface area contributed by atoms with Crippen molar-refractivity contribution < 1.29 is 43.2 Å². The first-order valence-electron chi connectivity index (χ1n) is 6.99.